The van der Waals surface area contributed by atoms with Crippen LogP contribution in [0.15, 0.2) is 30.6 Å². The molecule has 0 spiro atoms. The standard InChI is InChI=1S/C28H41N5O4/c1-28(2,3)37-27(35)32-19-25(34)29-16-20-5-4-6-23(15-20)24-17-30-26(31-18-24)33-11-7-21(8-12-33)22-9-13-36-14-10-22/h4-6,17-18,20-22H,7-16,19H2,1-3H3,(H,29,34)(H,32,35). The Morgan fingerprint density at radius 2 is 1.73 bits per heavy atom. The van der Waals surface area contributed by atoms with Crippen molar-refractivity contribution in [2.45, 2.75) is 58.5 Å². The second kappa shape index (κ2) is 12.5. The van der Waals surface area contributed by atoms with Crippen molar-refractivity contribution in [3.05, 3.63) is 36.2 Å². The van der Waals surface area contributed by atoms with Crippen molar-refractivity contribution in [3.8, 4) is 0 Å². The maximum absolute atomic E-state index is 12.2. The predicted molar refractivity (Wildman–Crippen MR) is 143 cm³/mol. The van der Waals surface area contributed by atoms with E-state index in [-0.39, 0.29) is 18.4 Å². The number of hydrogen-bond donors (Lipinski definition) is 2. The molecule has 37 heavy (non-hydrogen) atoms. The smallest absolute Gasteiger partial charge is 0.408 e. The van der Waals surface area contributed by atoms with Crippen LogP contribution < -0.4 is 15.5 Å². The minimum Gasteiger partial charge on any atom is -0.444 e. The molecule has 3 aliphatic rings. The lowest BCUT2D eigenvalue weighted by atomic mass is 9.80. The summed E-state index contributed by atoms with van der Waals surface area (Å²) in [6.45, 7) is 9.57. The van der Waals surface area contributed by atoms with Gasteiger partial charge in [0.1, 0.15) is 5.60 Å². The van der Waals surface area contributed by atoms with E-state index < -0.39 is 11.7 Å². The van der Waals surface area contributed by atoms with Crippen LogP contribution in [0.5, 0.6) is 0 Å². The van der Waals surface area contributed by atoms with Crippen molar-refractivity contribution in [3.63, 3.8) is 0 Å². The van der Waals surface area contributed by atoms with Crippen LogP contribution in [0.25, 0.3) is 5.57 Å². The average Bonchev–Trinajstić information content (AvgIpc) is 2.91. The lowest BCUT2D eigenvalue weighted by Gasteiger charge is -2.37. The molecule has 9 heteroatoms. The zero-order valence-corrected chi connectivity index (χ0v) is 22.4. The summed E-state index contributed by atoms with van der Waals surface area (Å²) in [5, 5.41) is 5.37. The molecule has 0 saturated carbocycles. The summed E-state index contributed by atoms with van der Waals surface area (Å²) in [5.41, 5.74) is 1.56. The van der Waals surface area contributed by atoms with Crippen LogP contribution in [0.1, 0.15) is 58.4 Å². The van der Waals surface area contributed by atoms with Crippen LogP contribution in [-0.4, -0.2) is 67.0 Å². The number of alkyl carbamates (subject to hydrolysis) is 1. The highest BCUT2D eigenvalue weighted by Crippen LogP contribution is 2.33. The molecule has 2 fully saturated rings. The lowest BCUT2D eigenvalue weighted by Crippen LogP contribution is -2.40. The van der Waals surface area contributed by atoms with E-state index in [1.165, 1.54) is 25.7 Å². The van der Waals surface area contributed by atoms with Gasteiger partial charge in [-0.15, -0.1) is 0 Å². The first kappa shape index (κ1) is 27.1. The number of piperidine rings is 1. The fourth-order valence-corrected chi connectivity index (χ4v) is 5.28. The van der Waals surface area contributed by atoms with Gasteiger partial charge < -0.3 is 25.0 Å². The van der Waals surface area contributed by atoms with Gasteiger partial charge in [-0.25, -0.2) is 14.8 Å². The van der Waals surface area contributed by atoms with Crippen molar-refractivity contribution in [2.75, 3.05) is 44.3 Å². The van der Waals surface area contributed by atoms with Crippen LogP contribution in [0, 0.1) is 17.8 Å². The highest BCUT2D eigenvalue weighted by Gasteiger charge is 2.28. The van der Waals surface area contributed by atoms with Crippen LogP contribution >= 0.6 is 0 Å². The van der Waals surface area contributed by atoms with Gasteiger partial charge in [-0.05, 0) is 76.2 Å². The summed E-state index contributed by atoms with van der Waals surface area (Å²) in [5.74, 6) is 2.33. The Morgan fingerprint density at radius 3 is 2.41 bits per heavy atom. The fourth-order valence-electron chi connectivity index (χ4n) is 5.28. The van der Waals surface area contributed by atoms with E-state index in [0.717, 1.165) is 61.6 Å². The van der Waals surface area contributed by atoms with E-state index in [2.05, 4.69) is 37.7 Å². The first-order valence-electron chi connectivity index (χ1n) is 13.5. The van der Waals surface area contributed by atoms with E-state index in [1.54, 1.807) is 20.8 Å². The van der Waals surface area contributed by atoms with Gasteiger partial charge in [-0.3, -0.25) is 4.79 Å². The van der Waals surface area contributed by atoms with Crippen molar-refractivity contribution in [2.24, 2.45) is 17.8 Å². The Hall–Kier alpha value is -2.94. The lowest BCUT2D eigenvalue weighted by molar-refractivity contribution is -0.120. The number of carbonyl (C=O) groups excluding carboxylic acids is 2. The molecule has 2 amide bonds. The van der Waals surface area contributed by atoms with E-state index in [1.807, 2.05) is 18.5 Å². The number of hydrogen-bond acceptors (Lipinski definition) is 7. The molecule has 2 N–H and O–H groups in total. The first-order chi connectivity index (χ1) is 17.8. The Kier molecular flexibility index (Phi) is 9.18. The molecule has 4 rings (SSSR count). The fraction of sp³-hybridized carbons (Fsp3) is 0.643. The number of rotatable bonds is 7. The maximum atomic E-state index is 12.2. The Balaban J connectivity index is 1.20. The molecule has 1 aromatic heterocycles. The summed E-state index contributed by atoms with van der Waals surface area (Å²) < 4.78 is 10.7. The Bertz CT molecular complexity index is 971. The van der Waals surface area contributed by atoms with Crippen LogP contribution in [0.3, 0.4) is 0 Å². The first-order valence-corrected chi connectivity index (χ1v) is 13.5. The van der Waals surface area contributed by atoms with E-state index in [4.69, 9.17) is 9.47 Å². The molecule has 1 aromatic rings. The number of aromatic nitrogens is 2. The third-order valence-electron chi connectivity index (χ3n) is 7.28. The van der Waals surface area contributed by atoms with E-state index in [0.29, 0.717) is 6.54 Å². The number of nitrogens with one attached hydrogen (secondary N) is 2. The molecule has 2 saturated heterocycles. The number of ether oxygens (including phenoxy) is 2. The van der Waals surface area contributed by atoms with Gasteiger partial charge in [0.05, 0.1) is 6.54 Å². The zero-order valence-electron chi connectivity index (χ0n) is 22.4. The molecule has 9 nitrogen and oxygen atoms in total. The van der Waals surface area contributed by atoms with Crippen molar-refractivity contribution in [1.29, 1.82) is 0 Å². The van der Waals surface area contributed by atoms with E-state index >= 15 is 0 Å². The van der Waals surface area contributed by atoms with Gasteiger partial charge in [-0.1, -0.05) is 18.2 Å². The summed E-state index contributed by atoms with van der Waals surface area (Å²) in [7, 11) is 0. The Labute approximate surface area is 220 Å². The summed E-state index contributed by atoms with van der Waals surface area (Å²) in [6.07, 6.45) is 15.0. The molecule has 1 aliphatic carbocycles. The van der Waals surface area contributed by atoms with Crippen molar-refractivity contribution >= 4 is 23.5 Å². The third-order valence-corrected chi connectivity index (χ3v) is 7.28. The second-order valence-electron chi connectivity index (χ2n) is 11.2. The number of carbonyl (C=O) groups is 2. The largest absolute Gasteiger partial charge is 0.444 e. The molecule has 2 aliphatic heterocycles. The van der Waals surface area contributed by atoms with Crippen LogP contribution in [0.2, 0.25) is 0 Å². The summed E-state index contributed by atoms with van der Waals surface area (Å²) in [6, 6.07) is 0. The molecule has 3 heterocycles. The molecule has 1 unspecified atom stereocenters. The van der Waals surface area contributed by atoms with Gasteiger partial charge in [0, 0.05) is 50.8 Å². The second-order valence-corrected chi connectivity index (χ2v) is 11.2. The topological polar surface area (TPSA) is 106 Å². The molecule has 202 valence electrons. The van der Waals surface area contributed by atoms with Crippen LogP contribution in [0.4, 0.5) is 10.7 Å². The van der Waals surface area contributed by atoms with E-state index in [9.17, 15) is 9.59 Å². The number of nitrogens with zero attached hydrogens (tertiary/aromatic N) is 3. The Morgan fingerprint density at radius 1 is 1.05 bits per heavy atom. The number of allylic oxidation sites excluding steroid dienone is 3. The highest BCUT2D eigenvalue weighted by atomic mass is 16.6. The molecule has 0 bridgehead atoms. The minimum atomic E-state index is -0.599. The predicted octanol–water partition coefficient (Wildman–Crippen LogP) is 3.72. The number of amides is 2. The maximum Gasteiger partial charge on any atom is 0.408 e. The normalized spacial score (nSPS) is 21.3. The SMILES string of the molecule is CC(C)(C)OC(=O)NCC(=O)NCC1C=CC=C(c2cnc(N3CCC(C4CCOCC4)CC3)nc2)C1. The van der Waals surface area contributed by atoms with Gasteiger partial charge in [0.15, 0.2) is 0 Å². The zero-order chi connectivity index (χ0) is 26.3. The molecule has 0 aromatic carbocycles. The van der Waals surface area contributed by atoms with Crippen molar-refractivity contribution < 1.29 is 19.1 Å². The van der Waals surface area contributed by atoms with Gasteiger partial charge in [0.25, 0.3) is 0 Å². The van der Waals surface area contributed by atoms with Gasteiger partial charge >= 0.3 is 6.09 Å². The van der Waals surface area contributed by atoms with Crippen LogP contribution in [-0.2, 0) is 14.3 Å². The molecule has 0 radical (unpaired) electrons. The van der Waals surface area contributed by atoms with Crippen molar-refractivity contribution in [1.82, 2.24) is 20.6 Å². The molecular formula is C28H41N5O4. The monoisotopic (exact) mass is 511 g/mol. The number of anilines is 1. The quantitative estimate of drug-likeness (QED) is 0.575. The average molecular weight is 512 g/mol. The molecular weight excluding hydrogens is 470 g/mol. The highest BCUT2D eigenvalue weighted by molar-refractivity contribution is 5.82. The minimum absolute atomic E-state index is 0.115. The third kappa shape index (κ3) is 8.28. The molecule has 1 atom stereocenters. The van der Waals surface area contributed by atoms with Gasteiger partial charge in [0.2, 0.25) is 11.9 Å². The summed E-state index contributed by atoms with van der Waals surface area (Å²) in [4.78, 5) is 35.6. The summed E-state index contributed by atoms with van der Waals surface area (Å²) >= 11 is 0. The van der Waals surface area contributed by atoms with Gasteiger partial charge in [-0.2, -0.15) is 0 Å².